The van der Waals surface area contributed by atoms with Crippen LogP contribution < -0.4 is 15.4 Å². The van der Waals surface area contributed by atoms with Gasteiger partial charge in [-0.05, 0) is 42.8 Å². The lowest BCUT2D eigenvalue weighted by Crippen LogP contribution is -2.34. The number of aliphatic hydroxyl groups is 1. The van der Waals surface area contributed by atoms with E-state index in [0.29, 0.717) is 10.6 Å². The standard InChI is InChI=1S/C16H18ClN5O3S/c1-9(19-16-18-6-5-14(21-16)22-26(2,24)25)12-8-10-7-11(17)3-4-13(10)20-15(12)23/h3-9,15,20,23H,1-2H3,(H2,18,19,21,22)/t9-,15?/m0/s1. The molecule has 0 saturated carbocycles. The predicted octanol–water partition coefficient (Wildman–Crippen LogP) is 2.13. The molecule has 0 spiro atoms. The molecule has 0 bridgehead atoms. The van der Waals surface area contributed by atoms with E-state index in [9.17, 15) is 13.5 Å². The van der Waals surface area contributed by atoms with E-state index >= 15 is 0 Å². The topological polar surface area (TPSA) is 116 Å². The molecule has 0 amide bonds. The van der Waals surface area contributed by atoms with Gasteiger partial charge in [-0.25, -0.2) is 13.4 Å². The summed E-state index contributed by atoms with van der Waals surface area (Å²) in [5.74, 6) is 0.391. The number of aromatic nitrogens is 2. The van der Waals surface area contributed by atoms with Gasteiger partial charge in [0.25, 0.3) is 0 Å². The van der Waals surface area contributed by atoms with Gasteiger partial charge < -0.3 is 15.7 Å². The van der Waals surface area contributed by atoms with Crippen molar-refractivity contribution in [3.63, 3.8) is 0 Å². The number of hydrogen-bond acceptors (Lipinski definition) is 7. The van der Waals surface area contributed by atoms with Crippen molar-refractivity contribution >= 4 is 45.2 Å². The smallest absolute Gasteiger partial charge is 0.230 e. The number of benzene rings is 1. The average Bonchev–Trinajstić information content (AvgIpc) is 2.53. The minimum Gasteiger partial charge on any atom is -0.370 e. The van der Waals surface area contributed by atoms with Crippen LogP contribution in [0.15, 0.2) is 36.0 Å². The highest BCUT2D eigenvalue weighted by atomic mass is 35.5. The monoisotopic (exact) mass is 395 g/mol. The van der Waals surface area contributed by atoms with E-state index in [0.717, 1.165) is 17.5 Å². The van der Waals surface area contributed by atoms with Gasteiger partial charge in [0.15, 0.2) is 0 Å². The molecular weight excluding hydrogens is 378 g/mol. The van der Waals surface area contributed by atoms with Gasteiger partial charge in [-0.1, -0.05) is 11.6 Å². The SMILES string of the molecule is C[C@H](Nc1nccc(NS(C)(=O)=O)n1)C1=Cc2cc(Cl)ccc2NC1O. The molecule has 4 N–H and O–H groups in total. The molecule has 1 unspecified atom stereocenters. The molecule has 138 valence electrons. The highest BCUT2D eigenvalue weighted by Crippen LogP contribution is 2.30. The Morgan fingerprint density at radius 3 is 2.85 bits per heavy atom. The summed E-state index contributed by atoms with van der Waals surface area (Å²) < 4.78 is 24.9. The Morgan fingerprint density at radius 2 is 2.12 bits per heavy atom. The third kappa shape index (κ3) is 4.43. The molecule has 10 heteroatoms. The van der Waals surface area contributed by atoms with Gasteiger partial charge in [0.1, 0.15) is 12.0 Å². The number of nitrogens with one attached hydrogen (secondary N) is 3. The quantitative estimate of drug-likeness (QED) is 0.612. The Bertz CT molecular complexity index is 964. The van der Waals surface area contributed by atoms with E-state index in [4.69, 9.17) is 11.6 Å². The molecule has 0 saturated heterocycles. The number of rotatable bonds is 5. The number of sulfonamides is 1. The van der Waals surface area contributed by atoms with Gasteiger partial charge in [0.2, 0.25) is 16.0 Å². The summed E-state index contributed by atoms with van der Waals surface area (Å²) in [4.78, 5) is 8.19. The predicted molar refractivity (Wildman–Crippen MR) is 103 cm³/mol. The first-order chi connectivity index (χ1) is 12.2. The van der Waals surface area contributed by atoms with Crippen molar-refractivity contribution in [3.05, 3.63) is 46.6 Å². The van der Waals surface area contributed by atoms with Crippen LogP contribution in [-0.4, -0.2) is 42.0 Å². The maximum Gasteiger partial charge on any atom is 0.230 e. The van der Waals surface area contributed by atoms with Crippen LogP contribution in [0.1, 0.15) is 12.5 Å². The van der Waals surface area contributed by atoms with Crippen LogP contribution in [0.5, 0.6) is 0 Å². The Labute approximate surface area is 156 Å². The lowest BCUT2D eigenvalue weighted by molar-refractivity contribution is 0.234. The van der Waals surface area contributed by atoms with Crippen LogP contribution in [0.25, 0.3) is 6.08 Å². The van der Waals surface area contributed by atoms with Gasteiger partial charge in [-0.2, -0.15) is 4.98 Å². The zero-order valence-corrected chi connectivity index (χ0v) is 15.6. The second-order valence-electron chi connectivity index (χ2n) is 5.93. The molecule has 2 aromatic rings. The molecule has 0 aliphatic carbocycles. The van der Waals surface area contributed by atoms with Crippen molar-refractivity contribution in [1.82, 2.24) is 9.97 Å². The van der Waals surface area contributed by atoms with Crippen LogP contribution in [-0.2, 0) is 10.0 Å². The van der Waals surface area contributed by atoms with Crippen LogP contribution >= 0.6 is 11.6 Å². The van der Waals surface area contributed by atoms with E-state index in [-0.39, 0.29) is 17.8 Å². The molecule has 26 heavy (non-hydrogen) atoms. The molecule has 1 aliphatic heterocycles. The first-order valence-electron chi connectivity index (χ1n) is 7.74. The van der Waals surface area contributed by atoms with Gasteiger partial charge >= 0.3 is 0 Å². The highest BCUT2D eigenvalue weighted by molar-refractivity contribution is 7.92. The molecule has 1 aliphatic rings. The Kier molecular flexibility index (Phi) is 5.03. The van der Waals surface area contributed by atoms with E-state index in [1.165, 1.54) is 12.3 Å². The summed E-state index contributed by atoms with van der Waals surface area (Å²) in [6.07, 6.45) is 3.44. The summed E-state index contributed by atoms with van der Waals surface area (Å²) in [7, 11) is -3.43. The zero-order chi connectivity index (χ0) is 18.9. The summed E-state index contributed by atoms with van der Waals surface area (Å²) in [5.41, 5.74) is 2.32. The van der Waals surface area contributed by atoms with E-state index < -0.39 is 16.3 Å². The first kappa shape index (κ1) is 18.4. The molecule has 2 heterocycles. The molecule has 0 fully saturated rings. The lowest BCUT2D eigenvalue weighted by atomic mass is 9.98. The number of nitrogens with zero attached hydrogens (tertiary/aromatic N) is 2. The molecule has 8 nitrogen and oxygen atoms in total. The van der Waals surface area contributed by atoms with Crippen molar-refractivity contribution < 1.29 is 13.5 Å². The van der Waals surface area contributed by atoms with Crippen LogP contribution in [0.2, 0.25) is 5.02 Å². The second-order valence-corrected chi connectivity index (χ2v) is 8.11. The number of hydrogen-bond donors (Lipinski definition) is 4. The molecule has 2 atom stereocenters. The normalized spacial score (nSPS) is 17.5. The maximum atomic E-state index is 11.3. The summed E-state index contributed by atoms with van der Waals surface area (Å²) in [6, 6.07) is 6.48. The Balaban J connectivity index is 1.81. The van der Waals surface area contributed by atoms with Crippen molar-refractivity contribution in [2.45, 2.75) is 19.2 Å². The lowest BCUT2D eigenvalue weighted by Gasteiger charge is -2.28. The summed E-state index contributed by atoms with van der Waals surface area (Å²) in [5, 5.41) is 17.0. The van der Waals surface area contributed by atoms with Crippen LogP contribution in [0, 0.1) is 0 Å². The zero-order valence-electron chi connectivity index (χ0n) is 14.1. The molecular formula is C16H18ClN5O3S. The van der Waals surface area contributed by atoms with Crippen molar-refractivity contribution in [2.24, 2.45) is 0 Å². The van der Waals surface area contributed by atoms with Crippen molar-refractivity contribution in [3.8, 4) is 0 Å². The van der Waals surface area contributed by atoms with E-state index in [2.05, 4.69) is 25.3 Å². The van der Waals surface area contributed by atoms with Crippen LogP contribution in [0.3, 0.4) is 0 Å². The average molecular weight is 396 g/mol. The molecule has 1 aromatic heterocycles. The van der Waals surface area contributed by atoms with Gasteiger partial charge in [-0.3, -0.25) is 4.72 Å². The number of anilines is 3. The fraction of sp³-hybridized carbons (Fsp3) is 0.250. The first-order valence-corrected chi connectivity index (χ1v) is 10.0. The number of halogens is 1. The Morgan fingerprint density at radius 1 is 1.35 bits per heavy atom. The van der Waals surface area contributed by atoms with Crippen LogP contribution in [0.4, 0.5) is 17.5 Å². The fourth-order valence-electron chi connectivity index (χ4n) is 2.59. The molecule has 3 rings (SSSR count). The number of aliphatic hydroxyl groups excluding tert-OH is 1. The van der Waals surface area contributed by atoms with Gasteiger partial charge in [0.05, 0.1) is 12.3 Å². The van der Waals surface area contributed by atoms with Crippen molar-refractivity contribution in [1.29, 1.82) is 0 Å². The minimum absolute atomic E-state index is 0.158. The Hall–Kier alpha value is -2.36. The summed E-state index contributed by atoms with van der Waals surface area (Å²) >= 11 is 6.03. The van der Waals surface area contributed by atoms with E-state index in [1.54, 1.807) is 18.2 Å². The largest absolute Gasteiger partial charge is 0.370 e. The molecule has 0 radical (unpaired) electrons. The number of fused-ring (bicyclic) bond motifs is 1. The van der Waals surface area contributed by atoms with Gasteiger partial charge in [0, 0.05) is 22.5 Å². The van der Waals surface area contributed by atoms with Crippen molar-refractivity contribution in [2.75, 3.05) is 21.6 Å². The fourth-order valence-corrected chi connectivity index (χ4v) is 3.26. The summed E-state index contributed by atoms with van der Waals surface area (Å²) in [6.45, 7) is 1.84. The molecule has 1 aromatic carbocycles. The maximum absolute atomic E-state index is 11.3. The van der Waals surface area contributed by atoms with E-state index in [1.807, 2.05) is 13.0 Å². The second kappa shape index (κ2) is 7.10. The highest BCUT2D eigenvalue weighted by Gasteiger charge is 2.23. The third-order valence-electron chi connectivity index (χ3n) is 3.73. The third-order valence-corrected chi connectivity index (χ3v) is 4.55. The minimum atomic E-state index is -3.43. The van der Waals surface area contributed by atoms with Gasteiger partial charge in [-0.15, -0.1) is 0 Å².